The third-order valence-electron chi connectivity index (χ3n) is 5.03. The number of allylic oxidation sites excluding steroid dienone is 2. The van der Waals surface area contributed by atoms with Crippen LogP contribution in [0.4, 0.5) is 5.13 Å². The van der Waals surface area contributed by atoms with Crippen LogP contribution < -0.4 is 5.32 Å². The molecule has 0 atom stereocenters. The molecule has 0 spiro atoms. The van der Waals surface area contributed by atoms with Crippen molar-refractivity contribution >= 4 is 62.7 Å². The van der Waals surface area contributed by atoms with Crippen LogP contribution in [0.1, 0.15) is 25.3 Å². The van der Waals surface area contributed by atoms with E-state index in [9.17, 15) is 9.59 Å². The van der Waals surface area contributed by atoms with Crippen LogP contribution in [-0.4, -0.2) is 32.6 Å². The van der Waals surface area contributed by atoms with E-state index >= 15 is 0 Å². The normalized spacial score (nSPS) is 15.3. The Morgan fingerprint density at radius 2 is 1.82 bits per heavy atom. The van der Waals surface area contributed by atoms with Crippen LogP contribution in [0.25, 0.3) is 17.3 Å². The molecule has 1 fully saturated rings. The fourth-order valence-corrected chi connectivity index (χ4v) is 5.50. The SMILES string of the molecule is CC(/C=C1\SC(=S)N(CCCC(=O)Nc2nc(-c3ccccc3)cs2)C1=O)=C\c1ccccc1. The standard InChI is InChI=1S/C26H23N3O2S3/c1-18(15-19-9-4-2-5-10-19)16-22-24(31)29(26(32)34-22)14-8-13-23(30)28-25-27-21(17-33-25)20-11-6-3-7-12-20/h2-7,9-12,15-17H,8,13-14H2,1H3,(H,27,28,30)/b18-15+,22-16-. The highest BCUT2D eigenvalue weighted by atomic mass is 32.2. The third-order valence-corrected chi connectivity index (χ3v) is 7.17. The van der Waals surface area contributed by atoms with E-state index in [2.05, 4.69) is 10.3 Å². The molecule has 8 heteroatoms. The maximum Gasteiger partial charge on any atom is 0.266 e. The van der Waals surface area contributed by atoms with Crippen molar-refractivity contribution < 1.29 is 9.59 Å². The van der Waals surface area contributed by atoms with E-state index in [-0.39, 0.29) is 18.2 Å². The highest BCUT2D eigenvalue weighted by molar-refractivity contribution is 8.26. The van der Waals surface area contributed by atoms with Gasteiger partial charge in [-0.2, -0.15) is 0 Å². The molecular weight excluding hydrogens is 483 g/mol. The topological polar surface area (TPSA) is 62.3 Å². The summed E-state index contributed by atoms with van der Waals surface area (Å²) in [5.74, 6) is -0.236. The molecule has 0 saturated carbocycles. The first-order chi connectivity index (χ1) is 16.5. The predicted octanol–water partition coefficient (Wildman–Crippen LogP) is 6.38. The zero-order valence-corrected chi connectivity index (χ0v) is 21.0. The van der Waals surface area contributed by atoms with Gasteiger partial charge < -0.3 is 5.32 Å². The number of carbonyl (C=O) groups excluding carboxylic acids is 2. The average molecular weight is 506 g/mol. The summed E-state index contributed by atoms with van der Waals surface area (Å²) in [7, 11) is 0. The summed E-state index contributed by atoms with van der Waals surface area (Å²) in [5.41, 5.74) is 3.90. The zero-order chi connectivity index (χ0) is 23.9. The molecule has 1 saturated heterocycles. The number of nitrogens with one attached hydrogen (secondary N) is 1. The molecule has 0 unspecified atom stereocenters. The first-order valence-electron chi connectivity index (χ1n) is 10.8. The number of thiocarbonyl (C=S) groups is 1. The van der Waals surface area contributed by atoms with E-state index < -0.39 is 0 Å². The molecule has 1 aliphatic rings. The van der Waals surface area contributed by atoms with Gasteiger partial charge in [0.25, 0.3) is 5.91 Å². The van der Waals surface area contributed by atoms with Gasteiger partial charge >= 0.3 is 0 Å². The van der Waals surface area contributed by atoms with Crippen LogP contribution in [0.5, 0.6) is 0 Å². The largest absolute Gasteiger partial charge is 0.302 e. The van der Waals surface area contributed by atoms with E-state index in [1.165, 1.54) is 23.1 Å². The van der Waals surface area contributed by atoms with Crippen molar-refractivity contribution in [2.24, 2.45) is 0 Å². The quantitative estimate of drug-likeness (QED) is 0.284. The number of thioether (sulfide) groups is 1. The molecule has 34 heavy (non-hydrogen) atoms. The number of amides is 2. The Hall–Kier alpha value is -3.07. The van der Waals surface area contributed by atoms with Gasteiger partial charge in [-0.25, -0.2) is 4.98 Å². The van der Waals surface area contributed by atoms with Crippen molar-refractivity contribution in [3.8, 4) is 11.3 Å². The van der Waals surface area contributed by atoms with Crippen LogP contribution in [0, 0.1) is 0 Å². The summed E-state index contributed by atoms with van der Waals surface area (Å²) in [6.07, 6.45) is 4.69. The second-order valence-electron chi connectivity index (χ2n) is 7.69. The molecule has 2 heterocycles. The van der Waals surface area contributed by atoms with Crippen molar-refractivity contribution in [1.82, 2.24) is 9.88 Å². The minimum absolute atomic E-state index is 0.108. The van der Waals surface area contributed by atoms with Crippen LogP contribution in [-0.2, 0) is 9.59 Å². The number of hydrogen-bond acceptors (Lipinski definition) is 6. The van der Waals surface area contributed by atoms with Crippen LogP contribution in [0.2, 0.25) is 0 Å². The van der Waals surface area contributed by atoms with E-state index in [1.807, 2.05) is 85.1 Å². The highest BCUT2D eigenvalue weighted by Gasteiger charge is 2.31. The van der Waals surface area contributed by atoms with Gasteiger partial charge in [-0.1, -0.05) is 90.7 Å². The van der Waals surface area contributed by atoms with E-state index in [0.717, 1.165) is 22.4 Å². The Bertz CT molecular complexity index is 1250. The number of thiazole rings is 1. The molecule has 1 N–H and O–H groups in total. The van der Waals surface area contributed by atoms with Gasteiger partial charge in [0.1, 0.15) is 4.32 Å². The number of aromatic nitrogens is 1. The van der Waals surface area contributed by atoms with Crippen molar-refractivity contribution in [3.05, 3.63) is 88.2 Å². The van der Waals surface area contributed by atoms with Crippen molar-refractivity contribution in [1.29, 1.82) is 0 Å². The molecule has 2 amide bonds. The predicted molar refractivity (Wildman–Crippen MR) is 145 cm³/mol. The Morgan fingerprint density at radius 3 is 2.56 bits per heavy atom. The summed E-state index contributed by atoms with van der Waals surface area (Å²) in [4.78, 5) is 31.9. The van der Waals surface area contributed by atoms with E-state index in [1.54, 1.807) is 4.90 Å². The second-order valence-corrected chi connectivity index (χ2v) is 10.2. The monoisotopic (exact) mass is 505 g/mol. The highest BCUT2D eigenvalue weighted by Crippen LogP contribution is 2.32. The smallest absolute Gasteiger partial charge is 0.266 e. The lowest BCUT2D eigenvalue weighted by Crippen LogP contribution is -2.29. The molecule has 1 aromatic heterocycles. The summed E-state index contributed by atoms with van der Waals surface area (Å²) >= 11 is 8.11. The maximum absolute atomic E-state index is 12.8. The summed E-state index contributed by atoms with van der Waals surface area (Å²) in [6, 6.07) is 19.8. The van der Waals surface area contributed by atoms with Gasteiger partial charge in [0.15, 0.2) is 5.13 Å². The summed E-state index contributed by atoms with van der Waals surface area (Å²) in [5, 5.41) is 5.34. The number of anilines is 1. The average Bonchev–Trinajstić information content (AvgIpc) is 3.40. The van der Waals surface area contributed by atoms with Gasteiger partial charge in [-0.15, -0.1) is 11.3 Å². The summed E-state index contributed by atoms with van der Waals surface area (Å²) in [6.45, 7) is 2.37. The first-order valence-corrected chi connectivity index (χ1v) is 12.9. The molecular formula is C26H23N3O2S3. The first kappa shape index (κ1) is 24.1. The number of benzene rings is 2. The summed E-state index contributed by atoms with van der Waals surface area (Å²) < 4.78 is 0.525. The molecule has 5 nitrogen and oxygen atoms in total. The Kier molecular flexibility index (Phi) is 8.05. The van der Waals surface area contributed by atoms with Gasteiger partial charge in [0, 0.05) is 23.9 Å². The number of carbonyl (C=O) groups is 2. The number of nitrogens with zero attached hydrogens (tertiary/aromatic N) is 2. The minimum atomic E-state index is -0.128. The fourth-order valence-electron chi connectivity index (χ4n) is 3.41. The van der Waals surface area contributed by atoms with Gasteiger partial charge in [-0.05, 0) is 30.6 Å². The number of rotatable bonds is 8. The van der Waals surface area contributed by atoms with Crippen molar-refractivity contribution in [3.63, 3.8) is 0 Å². The lowest BCUT2D eigenvalue weighted by molar-refractivity contribution is -0.122. The van der Waals surface area contributed by atoms with Crippen molar-refractivity contribution in [2.75, 3.05) is 11.9 Å². The minimum Gasteiger partial charge on any atom is -0.302 e. The van der Waals surface area contributed by atoms with Crippen LogP contribution in [0.3, 0.4) is 0 Å². The molecule has 3 aromatic rings. The lowest BCUT2D eigenvalue weighted by atomic mass is 10.1. The maximum atomic E-state index is 12.8. The lowest BCUT2D eigenvalue weighted by Gasteiger charge is -2.13. The Balaban J connectivity index is 1.28. The van der Waals surface area contributed by atoms with E-state index in [0.29, 0.717) is 27.3 Å². The molecule has 0 radical (unpaired) electrons. The van der Waals surface area contributed by atoms with Gasteiger partial charge in [0.2, 0.25) is 5.91 Å². The zero-order valence-electron chi connectivity index (χ0n) is 18.6. The molecule has 0 bridgehead atoms. The molecule has 1 aliphatic heterocycles. The van der Waals surface area contributed by atoms with Crippen LogP contribution in [0.15, 0.2) is 82.6 Å². The Morgan fingerprint density at radius 1 is 1.12 bits per heavy atom. The van der Waals surface area contributed by atoms with Crippen LogP contribution >= 0.6 is 35.3 Å². The Labute approximate surface area is 212 Å². The van der Waals surface area contributed by atoms with Crippen molar-refractivity contribution in [2.45, 2.75) is 19.8 Å². The van der Waals surface area contributed by atoms with Gasteiger partial charge in [0.05, 0.1) is 10.6 Å². The third kappa shape index (κ3) is 6.28. The molecule has 0 aliphatic carbocycles. The number of hydrogen-bond donors (Lipinski definition) is 1. The van der Waals surface area contributed by atoms with Gasteiger partial charge in [-0.3, -0.25) is 14.5 Å². The fraction of sp³-hybridized carbons (Fsp3) is 0.154. The van der Waals surface area contributed by atoms with E-state index in [4.69, 9.17) is 12.2 Å². The molecule has 2 aromatic carbocycles. The molecule has 172 valence electrons. The molecule has 4 rings (SSSR count). The second kappa shape index (κ2) is 11.4.